The van der Waals surface area contributed by atoms with Gasteiger partial charge in [-0.05, 0) is 37.0 Å². The van der Waals surface area contributed by atoms with Crippen molar-refractivity contribution in [3.05, 3.63) is 53.6 Å². The molecule has 0 aliphatic rings. The molecule has 102 valence electrons. The maximum absolute atomic E-state index is 11.4. The van der Waals surface area contributed by atoms with Crippen LogP contribution in [0, 0.1) is 0 Å². The van der Waals surface area contributed by atoms with Gasteiger partial charge in [0.05, 0.1) is 5.92 Å². The van der Waals surface area contributed by atoms with E-state index in [1.165, 1.54) is 0 Å². The smallest absolute Gasteiger partial charge is 0.310 e. The van der Waals surface area contributed by atoms with E-state index in [0.717, 1.165) is 23.1 Å². The van der Waals surface area contributed by atoms with Gasteiger partial charge in [0.15, 0.2) is 0 Å². The molecule has 0 heterocycles. The van der Waals surface area contributed by atoms with Crippen LogP contribution < -0.4 is 0 Å². The van der Waals surface area contributed by atoms with Crippen molar-refractivity contribution in [2.45, 2.75) is 39.5 Å². The molecule has 0 aliphatic carbocycles. The summed E-state index contributed by atoms with van der Waals surface area (Å²) in [7, 11) is 0. The minimum Gasteiger partial charge on any atom is -0.481 e. The summed E-state index contributed by atoms with van der Waals surface area (Å²) in [6.07, 6.45) is 7.49. The molecule has 1 atom stereocenters. The molecule has 0 bridgehead atoms. The number of rotatable bonds is 6. The molecule has 1 unspecified atom stereocenters. The number of carboxylic acid groups (broad SMARTS) is 1. The Kier molecular flexibility index (Phi) is 6.07. The summed E-state index contributed by atoms with van der Waals surface area (Å²) in [4.78, 5) is 11.4. The average molecular weight is 258 g/mol. The fourth-order valence-electron chi connectivity index (χ4n) is 2.19. The highest BCUT2D eigenvalue weighted by molar-refractivity contribution is 5.80. The lowest BCUT2D eigenvalue weighted by Crippen LogP contribution is -2.13. The minimum atomic E-state index is -0.742. The standard InChI is InChI=1S/C17H22O2/c1-4-6-10-13(3)14-11-7-8-12-15(14)16(9-5-2)17(18)19/h4,6-8,10-12,16H,5,9H2,1-3H3,(H,18,19). The van der Waals surface area contributed by atoms with Crippen LogP contribution >= 0.6 is 0 Å². The number of allylic oxidation sites excluding steroid dienone is 4. The molecule has 0 saturated heterocycles. The molecule has 2 nitrogen and oxygen atoms in total. The Morgan fingerprint density at radius 3 is 2.63 bits per heavy atom. The van der Waals surface area contributed by atoms with Gasteiger partial charge in [0.2, 0.25) is 0 Å². The summed E-state index contributed by atoms with van der Waals surface area (Å²) < 4.78 is 0. The van der Waals surface area contributed by atoms with E-state index in [2.05, 4.69) is 0 Å². The Morgan fingerprint density at radius 1 is 1.37 bits per heavy atom. The Labute approximate surface area is 115 Å². The SMILES string of the molecule is CC=CC=C(C)c1ccccc1C(CCC)C(=O)O. The molecule has 1 aromatic carbocycles. The summed E-state index contributed by atoms with van der Waals surface area (Å²) in [6, 6.07) is 7.79. The predicted octanol–water partition coefficient (Wildman–Crippen LogP) is 4.63. The first-order chi connectivity index (χ1) is 9.11. The number of carbonyl (C=O) groups is 1. The quantitative estimate of drug-likeness (QED) is 0.755. The summed E-state index contributed by atoms with van der Waals surface area (Å²) in [5.74, 6) is -1.16. The van der Waals surface area contributed by atoms with Gasteiger partial charge in [0.25, 0.3) is 0 Å². The third-order valence-electron chi connectivity index (χ3n) is 3.18. The van der Waals surface area contributed by atoms with Crippen molar-refractivity contribution in [3.63, 3.8) is 0 Å². The van der Waals surface area contributed by atoms with E-state index in [0.29, 0.717) is 6.42 Å². The van der Waals surface area contributed by atoms with E-state index >= 15 is 0 Å². The number of hydrogen-bond acceptors (Lipinski definition) is 1. The largest absolute Gasteiger partial charge is 0.481 e. The average Bonchev–Trinajstić information content (AvgIpc) is 2.42. The molecule has 1 aromatic rings. The Bertz CT molecular complexity index is 484. The molecule has 1 N–H and O–H groups in total. The van der Waals surface area contributed by atoms with Crippen molar-refractivity contribution in [1.82, 2.24) is 0 Å². The van der Waals surface area contributed by atoms with Gasteiger partial charge < -0.3 is 5.11 Å². The van der Waals surface area contributed by atoms with Crippen LogP contribution in [0.25, 0.3) is 5.57 Å². The van der Waals surface area contributed by atoms with Crippen LogP contribution in [0.15, 0.2) is 42.5 Å². The highest BCUT2D eigenvalue weighted by Crippen LogP contribution is 2.29. The zero-order valence-corrected chi connectivity index (χ0v) is 11.9. The normalized spacial score (nSPS) is 13.7. The first kappa shape index (κ1) is 15.2. The molecule has 0 aliphatic heterocycles. The first-order valence-corrected chi connectivity index (χ1v) is 6.73. The van der Waals surface area contributed by atoms with Gasteiger partial charge in [0, 0.05) is 0 Å². The third-order valence-corrected chi connectivity index (χ3v) is 3.18. The second kappa shape index (κ2) is 7.57. The van der Waals surface area contributed by atoms with Crippen LogP contribution in [-0.4, -0.2) is 11.1 Å². The van der Waals surface area contributed by atoms with Crippen molar-refractivity contribution in [2.24, 2.45) is 0 Å². The van der Waals surface area contributed by atoms with Gasteiger partial charge in [-0.1, -0.05) is 55.8 Å². The van der Waals surface area contributed by atoms with Crippen molar-refractivity contribution in [1.29, 1.82) is 0 Å². The van der Waals surface area contributed by atoms with E-state index in [-0.39, 0.29) is 0 Å². The van der Waals surface area contributed by atoms with Crippen LogP contribution in [-0.2, 0) is 4.79 Å². The van der Waals surface area contributed by atoms with Crippen molar-refractivity contribution < 1.29 is 9.90 Å². The Morgan fingerprint density at radius 2 is 2.05 bits per heavy atom. The lowest BCUT2D eigenvalue weighted by Gasteiger charge is -2.16. The maximum atomic E-state index is 11.4. The fourth-order valence-corrected chi connectivity index (χ4v) is 2.19. The zero-order chi connectivity index (χ0) is 14.3. The van der Waals surface area contributed by atoms with Gasteiger partial charge in [-0.3, -0.25) is 4.79 Å². The van der Waals surface area contributed by atoms with E-state index in [1.54, 1.807) is 0 Å². The third kappa shape index (κ3) is 4.09. The van der Waals surface area contributed by atoms with Crippen molar-refractivity contribution >= 4 is 11.5 Å². The van der Waals surface area contributed by atoms with Gasteiger partial charge in [-0.2, -0.15) is 0 Å². The molecular weight excluding hydrogens is 236 g/mol. The van der Waals surface area contributed by atoms with Crippen molar-refractivity contribution in [2.75, 3.05) is 0 Å². The second-order valence-corrected chi connectivity index (χ2v) is 4.64. The number of carboxylic acids is 1. The summed E-state index contributed by atoms with van der Waals surface area (Å²) in [6.45, 7) is 6.00. The number of aliphatic carboxylic acids is 1. The van der Waals surface area contributed by atoms with Crippen LogP contribution in [0.2, 0.25) is 0 Å². The molecule has 0 aromatic heterocycles. The molecule has 19 heavy (non-hydrogen) atoms. The van der Waals surface area contributed by atoms with E-state index in [9.17, 15) is 9.90 Å². The molecule has 0 saturated carbocycles. The van der Waals surface area contributed by atoms with Gasteiger partial charge in [0.1, 0.15) is 0 Å². The molecule has 2 heteroatoms. The van der Waals surface area contributed by atoms with Crippen LogP contribution in [0.1, 0.15) is 50.7 Å². The molecule has 0 fully saturated rings. The first-order valence-electron chi connectivity index (χ1n) is 6.73. The summed E-state index contributed by atoms with van der Waals surface area (Å²) >= 11 is 0. The summed E-state index contributed by atoms with van der Waals surface area (Å²) in [5, 5.41) is 9.41. The van der Waals surface area contributed by atoms with E-state index in [1.807, 2.05) is 63.3 Å². The highest BCUT2D eigenvalue weighted by atomic mass is 16.4. The monoisotopic (exact) mass is 258 g/mol. The van der Waals surface area contributed by atoms with Crippen LogP contribution in [0.3, 0.4) is 0 Å². The van der Waals surface area contributed by atoms with Crippen molar-refractivity contribution in [3.8, 4) is 0 Å². The molecular formula is C17H22O2. The Balaban J connectivity index is 3.24. The molecule has 0 amide bonds. The molecule has 1 rings (SSSR count). The van der Waals surface area contributed by atoms with Gasteiger partial charge in [-0.25, -0.2) is 0 Å². The van der Waals surface area contributed by atoms with Crippen LogP contribution in [0.5, 0.6) is 0 Å². The van der Waals surface area contributed by atoms with Gasteiger partial charge >= 0.3 is 5.97 Å². The van der Waals surface area contributed by atoms with Gasteiger partial charge in [-0.15, -0.1) is 0 Å². The second-order valence-electron chi connectivity index (χ2n) is 4.64. The van der Waals surface area contributed by atoms with Crippen LogP contribution in [0.4, 0.5) is 0 Å². The molecule has 0 spiro atoms. The highest BCUT2D eigenvalue weighted by Gasteiger charge is 2.21. The minimum absolute atomic E-state index is 0.421. The van der Waals surface area contributed by atoms with E-state index in [4.69, 9.17) is 0 Å². The summed E-state index contributed by atoms with van der Waals surface area (Å²) in [5.41, 5.74) is 3.03. The predicted molar refractivity (Wildman–Crippen MR) is 80.2 cm³/mol. The Hall–Kier alpha value is -1.83. The lowest BCUT2D eigenvalue weighted by molar-refractivity contribution is -0.139. The number of hydrogen-bond donors (Lipinski definition) is 1. The molecule has 0 radical (unpaired) electrons. The zero-order valence-electron chi connectivity index (χ0n) is 11.9. The topological polar surface area (TPSA) is 37.3 Å². The van der Waals surface area contributed by atoms with E-state index < -0.39 is 11.9 Å². The maximum Gasteiger partial charge on any atom is 0.310 e. The number of benzene rings is 1. The lowest BCUT2D eigenvalue weighted by atomic mass is 9.88. The fraction of sp³-hybridized carbons (Fsp3) is 0.353.